The van der Waals surface area contributed by atoms with Gasteiger partial charge in [0.25, 0.3) is 5.91 Å². The summed E-state index contributed by atoms with van der Waals surface area (Å²) in [5.41, 5.74) is 2.06. The van der Waals surface area contributed by atoms with Crippen molar-refractivity contribution in [3.05, 3.63) is 45.3 Å². The van der Waals surface area contributed by atoms with Crippen molar-refractivity contribution in [2.24, 2.45) is 5.92 Å². The van der Waals surface area contributed by atoms with Crippen LogP contribution in [0.15, 0.2) is 27.4 Å². The molecule has 1 spiro atoms. The quantitative estimate of drug-likeness (QED) is 0.622. The van der Waals surface area contributed by atoms with Gasteiger partial charge in [0.2, 0.25) is 0 Å². The standard InChI is InChI=1S/C23H28N2O4/c1-13(2)17-11-18-16(10-20(26)29-19(18)9-14(17)3)12-25-21(27)23(24-22(25)28)8-6-5-7-15(23)4/h9-11,13,15H,5-8,12H2,1-4H3,(H,24,28)/t15-,23+/m1/s1. The van der Waals surface area contributed by atoms with Crippen LogP contribution in [0.4, 0.5) is 4.79 Å². The first-order chi connectivity index (χ1) is 13.7. The van der Waals surface area contributed by atoms with Crippen LogP contribution >= 0.6 is 0 Å². The Labute approximate surface area is 170 Å². The third-order valence-electron chi connectivity index (χ3n) is 6.67. The molecule has 1 aromatic heterocycles. The number of rotatable bonds is 3. The first kappa shape index (κ1) is 19.7. The maximum Gasteiger partial charge on any atom is 0.336 e. The van der Waals surface area contributed by atoms with Crippen LogP contribution in [0.3, 0.4) is 0 Å². The number of aryl methyl sites for hydroxylation is 1. The van der Waals surface area contributed by atoms with Crippen molar-refractivity contribution >= 4 is 22.9 Å². The average molecular weight is 396 g/mol. The van der Waals surface area contributed by atoms with E-state index in [4.69, 9.17) is 4.42 Å². The number of hydrogen-bond acceptors (Lipinski definition) is 4. The summed E-state index contributed by atoms with van der Waals surface area (Å²) in [5.74, 6) is 0.236. The first-order valence-corrected chi connectivity index (χ1v) is 10.4. The number of hydrogen-bond donors (Lipinski definition) is 1. The monoisotopic (exact) mass is 396 g/mol. The van der Waals surface area contributed by atoms with Gasteiger partial charge in [0, 0.05) is 11.5 Å². The topological polar surface area (TPSA) is 79.6 Å². The summed E-state index contributed by atoms with van der Waals surface area (Å²) in [6.45, 7) is 8.32. The molecule has 4 rings (SSSR count). The van der Waals surface area contributed by atoms with E-state index in [1.165, 1.54) is 11.0 Å². The van der Waals surface area contributed by atoms with E-state index in [9.17, 15) is 14.4 Å². The molecular weight excluding hydrogens is 368 g/mol. The Morgan fingerprint density at radius 1 is 1.21 bits per heavy atom. The zero-order valence-electron chi connectivity index (χ0n) is 17.5. The van der Waals surface area contributed by atoms with Crippen molar-refractivity contribution in [3.63, 3.8) is 0 Å². The highest BCUT2D eigenvalue weighted by atomic mass is 16.4. The van der Waals surface area contributed by atoms with E-state index in [0.717, 1.165) is 35.8 Å². The maximum absolute atomic E-state index is 13.3. The van der Waals surface area contributed by atoms with Crippen LogP contribution in [0.25, 0.3) is 11.0 Å². The number of benzene rings is 1. The van der Waals surface area contributed by atoms with Crippen molar-refractivity contribution in [3.8, 4) is 0 Å². The molecule has 29 heavy (non-hydrogen) atoms. The van der Waals surface area contributed by atoms with Crippen molar-refractivity contribution in [2.45, 2.75) is 71.4 Å². The van der Waals surface area contributed by atoms with Crippen molar-refractivity contribution in [1.82, 2.24) is 10.2 Å². The summed E-state index contributed by atoms with van der Waals surface area (Å²) >= 11 is 0. The molecule has 1 saturated heterocycles. The van der Waals surface area contributed by atoms with Gasteiger partial charge in [-0.3, -0.25) is 9.69 Å². The normalized spacial score (nSPS) is 24.7. The van der Waals surface area contributed by atoms with Crippen LogP contribution in [0.2, 0.25) is 0 Å². The van der Waals surface area contributed by atoms with Crippen LogP contribution in [0.1, 0.15) is 69.1 Å². The van der Waals surface area contributed by atoms with Gasteiger partial charge in [-0.25, -0.2) is 9.59 Å². The van der Waals surface area contributed by atoms with Crippen molar-refractivity contribution < 1.29 is 14.0 Å². The number of carbonyl (C=O) groups is 2. The molecule has 0 unspecified atom stereocenters. The van der Waals surface area contributed by atoms with Crippen LogP contribution in [-0.2, 0) is 11.3 Å². The van der Waals surface area contributed by atoms with E-state index in [-0.39, 0.29) is 24.4 Å². The fraction of sp³-hybridized carbons (Fsp3) is 0.522. The summed E-state index contributed by atoms with van der Waals surface area (Å²) < 4.78 is 5.40. The Morgan fingerprint density at radius 3 is 2.66 bits per heavy atom. The van der Waals surface area contributed by atoms with Crippen molar-refractivity contribution in [1.29, 1.82) is 0 Å². The number of nitrogens with one attached hydrogen (secondary N) is 1. The van der Waals surface area contributed by atoms with E-state index in [0.29, 0.717) is 23.5 Å². The van der Waals surface area contributed by atoms with Crippen LogP contribution in [-0.4, -0.2) is 22.4 Å². The second-order valence-corrected chi connectivity index (χ2v) is 8.89. The lowest BCUT2D eigenvalue weighted by Gasteiger charge is -2.36. The summed E-state index contributed by atoms with van der Waals surface area (Å²) in [7, 11) is 0. The molecule has 2 heterocycles. The molecule has 1 aromatic carbocycles. The van der Waals surface area contributed by atoms with Gasteiger partial charge < -0.3 is 9.73 Å². The third-order valence-corrected chi connectivity index (χ3v) is 6.67. The number of urea groups is 1. The second kappa shape index (κ2) is 7.01. The van der Waals surface area contributed by atoms with Gasteiger partial charge in [-0.05, 0) is 60.4 Å². The van der Waals surface area contributed by atoms with E-state index in [1.807, 2.05) is 26.0 Å². The fourth-order valence-electron chi connectivity index (χ4n) is 4.95. The van der Waals surface area contributed by atoms with Gasteiger partial charge in [0.15, 0.2) is 0 Å². The summed E-state index contributed by atoms with van der Waals surface area (Å²) in [4.78, 5) is 39.5. The maximum atomic E-state index is 13.3. The zero-order chi connectivity index (χ0) is 20.9. The molecule has 1 N–H and O–H groups in total. The minimum absolute atomic E-state index is 0.0713. The van der Waals surface area contributed by atoms with Gasteiger partial charge in [-0.2, -0.15) is 0 Å². The Bertz CT molecular complexity index is 1050. The molecule has 6 nitrogen and oxygen atoms in total. The number of amides is 3. The van der Waals surface area contributed by atoms with Crippen LogP contribution < -0.4 is 10.9 Å². The van der Waals surface area contributed by atoms with Gasteiger partial charge >= 0.3 is 11.7 Å². The second-order valence-electron chi connectivity index (χ2n) is 8.89. The van der Waals surface area contributed by atoms with E-state index in [2.05, 4.69) is 19.2 Å². The predicted molar refractivity (Wildman–Crippen MR) is 111 cm³/mol. The van der Waals surface area contributed by atoms with Gasteiger partial charge in [-0.1, -0.05) is 33.6 Å². The molecule has 2 fully saturated rings. The molecule has 2 aliphatic rings. The molecule has 1 aliphatic heterocycles. The minimum Gasteiger partial charge on any atom is -0.423 e. The van der Waals surface area contributed by atoms with Crippen molar-refractivity contribution in [2.75, 3.05) is 0 Å². The Kier molecular flexibility index (Phi) is 4.75. The van der Waals surface area contributed by atoms with E-state index >= 15 is 0 Å². The molecule has 2 atom stereocenters. The number of imide groups is 1. The summed E-state index contributed by atoms with van der Waals surface area (Å²) in [6.07, 6.45) is 3.60. The lowest BCUT2D eigenvalue weighted by Crippen LogP contribution is -2.53. The molecular formula is C23H28N2O4. The van der Waals surface area contributed by atoms with Gasteiger partial charge in [0.1, 0.15) is 11.1 Å². The SMILES string of the molecule is Cc1cc2oc(=O)cc(CN3C(=O)N[C@]4(CCCC[C@H]4C)C3=O)c2cc1C(C)C. The number of carbonyl (C=O) groups excluding carboxylic acids is 2. The number of fused-ring (bicyclic) bond motifs is 1. The Morgan fingerprint density at radius 2 is 1.97 bits per heavy atom. The van der Waals surface area contributed by atoms with E-state index in [1.54, 1.807) is 0 Å². The predicted octanol–water partition coefficient (Wildman–Crippen LogP) is 4.23. The molecule has 1 aliphatic carbocycles. The molecule has 2 aromatic rings. The summed E-state index contributed by atoms with van der Waals surface area (Å²) in [6, 6.07) is 4.91. The largest absolute Gasteiger partial charge is 0.423 e. The molecule has 3 amide bonds. The highest BCUT2D eigenvalue weighted by molar-refractivity contribution is 6.07. The zero-order valence-corrected chi connectivity index (χ0v) is 17.5. The average Bonchev–Trinajstić information content (AvgIpc) is 2.88. The molecule has 0 radical (unpaired) electrons. The highest BCUT2D eigenvalue weighted by Crippen LogP contribution is 2.39. The van der Waals surface area contributed by atoms with Crippen LogP contribution in [0, 0.1) is 12.8 Å². The summed E-state index contributed by atoms with van der Waals surface area (Å²) in [5, 5.41) is 3.75. The first-order valence-electron chi connectivity index (χ1n) is 10.4. The molecule has 154 valence electrons. The molecule has 1 saturated carbocycles. The lowest BCUT2D eigenvalue weighted by molar-refractivity contribution is -0.134. The van der Waals surface area contributed by atoms with E-state index < -0.39 is 11.2 Å². The Hall–Kier alpha value is -2.63. The minimum atomic E-state index is -0.801. The Balaban J connectivity index is 1.76. The van der Waals surface area contributed by atoms with Crippen LogP contribution in [0.5, 0.6) is 0 Å². The third kappa shape index (κ3) is 3.15. The fourth-order valence-corrected chi connectivity index (χ4v) is 4.95. The highest BCUT2D eigenvalue weighted by Gasteiger charge is 2.54. The number of nitrogens with zero attached hydrogens (tertiary/aromatic N) is 1. The van der Waals surface area contributed by atoms with Gasteiger partial charge in [-0.15, -0.1) is 0 Å². The lowest BCUT2D eigenvalue weighted by atomic mass is 9.73. The smallest absolute Gasteiger partial charge is 0.336 e. The molecule has 6 heteroatoms. The molecule has 0 bridgehead atoms. The van der Waals surface area contributed by atoms with Gasteiger partial charge in [0.05, 0.1) is 6.54 Å².